The molecular formula is C11H14N4O2S. The van der Waals surface area contributed by atoms with E-state index in [1.807, 2.05) is 6.07 Å². The molecule has 0 unspecified atom stereocenters. The number of anilines is 1. The maximum absolute atomic E-state index is 10.5. The number of hydrogen-bond donors (Lipinski definition) is 1. The highest BCUT2D eigenvalue weighted by atomic mass is 32.2. The average Bonchev–Trinajstić information content (AvgIpc) is 2.38. The molecule has 0 aliphatic heterocycles. The van der Waals surface area contributed by atoms with Gasteiger partial charge in [-0.1, -0.05) is 0 Å². The molecule has 1 rings (SSSR count). The fourth-order valence-corrected chi connectivity index (χ4v) is 1.85. The molecule has 18 heavy (non-hydrogen) atoms. The van der Waals surface area contributed by atoms with E-state index in [2.05, 4.69) is 16.6 Å². The van der Waals surface area contributed by atoms with Gasteiger partial charge in [-0.15, -0.1) is 0 Å². The van der Waals surface area contributed by atoms with Crippen LogP contribution in [0, 0.1) is 21.4 Å². The lowest BCUT2D eigenvalue weighted by Crippen LogP contribution is -2.06. The van der Waals surface area contributed by atoms with Crippen molar-refractivity contribution in [2.45, 2.75) is 12.8 Å². The van der Waals surface area contributed by atoms with Crippen molar-refractivity contribution in [2.24, 2.45) is 0 Å². The Kier molecular flexibility index (Phi) is 5.94. The van der Waals surface area contributed by atoms with Gasteiger partial charge in [0, 0.05) is 12.6 Å². The predicted molar refractivity (Wildman–Crippen MR) is 71.7 cm³/mol. The van der Waals surface area contributed by atoms with Gasteiger partial charge < -0.3 is 5.32 Å². The van der Waals surface area contributed by atoms with E-state index in [9.17, 15) is 10.1 Å². The highest BCUT2D eigenvalue weighted by Crippen LogP contribution is 2.18. The standard InChI is InChI=1S/C11H14N4O2S/c1-18-5-3-2-4-13-11-9(7-12)6-10(8-14-11)15(16)17/h6,8H,2-5H2,1H3,(H,13,14). The number of nitro groups is 1. The maximum atomic E-state index is 10.5. The smallest absolute Gasteiger partial charge is 0.289 e. The second-order valence-corrected chi connectivity index (χ2v) is 4.57. The van der Waals surface area contributed by atoms with Crippen molar-refractivity contribution in [3.05, 3.63) is 27.9 Å². The van der Waals surface area contributed by atoms with E-state index < -0.39 is 4.92 Å². The average molecular weight is 266 g/mol. The molecule has 0 bridgehead atoms. The third kappa shape index (κ3) is 4.22. The SMILES string of the molecule is CSCCCCNc1ncc([N+](=O)[O-])cc1C#N. The quantitative estimate of drug-likeness (QED) is 0.463. The molecule has 0 aliphatic carbocycles. The monoisotopic (exact) mass is 266 g/mol. The van der Waals surface area contributed by atoms with Crippen LogP contribution in [0.1, 0.15) is 18.4 Å². The molecule has 0 saturated carbocycles. The Morgan fingerprint density at radius 1 is 1.61 bits per heavy atom. The topological polar surface area (TPSA) is 91.8 Å². The first-order valence-corrected chi connectivity index (χ1v) is 6.85. The number of pyridine rings is 1. The zero-order valence-electron chi connectivity index (χ0n) is 10.0. The summed E-state index contributed by atoms with van der Waals surface area (Å²) in [6, 6.07) is 3.14. The summed E-state index contributed by atoms with van der Waals surface area (Å²) >= 11 is 1.79. The molecule has 96 valence electrons. The molecule has 1 N–H and O–H groups in total. The van der Waals surface area contributed by atoms with Gasteiger partial charge >= 0.3 is 0 Å². The number of nitrogens with zero attached hydrogens (tertiary/aromatic N) is 3. The summed E-state index contributed by atoms with van der Waals surface area (Å²) in [4.78, 5) is 13.9. The lowest BCUT2D eigenvalue weighted by Gasteiger charge is -2.06. The maximum Gasteiger partial charge on any atom is 0.289 e. The van der Waals surface area contributed by atoms with E-state index in [0.29, 0.717) is 12.4 Å². The number of nitriles is 1. The van der Waals surface area contributed by atoms with Crippen LogP contribution in [-0.4, -0.2) is 28.5 Å². The summed E-state index contributed by atoms with van der Waals surface area (Å²) in [5, 5.41) is 22.5. The molecule has 1 aromatic rings. The minimum Gasteiger partial charge on any atom is -0.369 e. The Labute approximate surface area is 110 Å². The second-order valence-electron chi connectivity index (χ2n) is 3.59. The summed E-state index contributed by atoms with van der Waals surface area (Å²) in [6.07, 6.45) is 5.28. The largest absolute Gasteiger partial charge is 0.369 e. The van der Waals surface area contributed by atoms with Crippen molar-refractivity contribution >= 4 is 23.3 Å². The first-order valence-electron chi connectivity index (χ1n) is 5.46. The van der Waals surface area contributed by atoms with Crippen LogP contribution in [0.15, 0.2) is 12.3 Å². The molecule has 1 heterocycles. The van der Waals surface area contributed by atoms with Crippen molar-refractivity contribution in [3.63, 3.8) is 0 Å². The lowest BCUT2D eigenvalue weighted by atomic mass is 10.2. The Morgan fingerprint density at radius 3 is 3.00 bits per heavy atom. The lowest BCUT2D eigenvalue weighted by molar-refractivity contribution is -0.385. The summed E-state index contributed by atoms with van der Waals surface area (Å²) in [5.74, 6) is 1.51. The number of rotatable bonds is 7. The number of unbranched alkanes of at least 4 members (excludes halogenated alkanes) is 1. The fourth-order valence-electron chi connectivity index (χ4n) is 1.36. The van der Waals surface area contributed by atoms with Crippen LogP contribution >= 0.6 is 11.8 Å². The summed E-state index contributed by atoms with van der Waals surface area (Å²) in [5.41, 5.74) is 0.0357. The minimum absolute atomic E-state index is 0.167. The van der Waals surface area contributed by atoms with Crippen LogP contribution in [0.4, 0.5) is 11.5 Å². The summed E-state index contributed by atoms with van der Waals surface area (Å²) < 4.78 is 0. The van der Waals surface area contributed by atoms with Crippen LogP contribution in [-0.2, 0) is 0 Å². The van der Waals surface area contributed by atoms with E-state index in [1.165, 1.54) is 6.07 Å². The van der Waals surface area contributed by atoms with Gasteiger partial charge in [0.25, 0.3) is 5.69 Å². The zero-order chi connectivity index (χ0) is 13.4. The Balaban J connectivity index is 2.61. The van der Waals surface area contributed by atoms with Crippen molar-refractivity contribution < 1.29 is 4.92 Å². The van der Waals surface area contributed by atoms with Gasteiger partial charge in [0.1, 0.15) is 23.6 Å². The van der Waals surface area contributed by atoms with Gasteiger partial charge in [-0.25, -0.2) is 4.98 Å². The number of thioether (sulfide) groups is 1. The van der Waals surface area contributed by atoms with Crippen molar-refractivity contribution in [1.82, 2.24) is 4.98 Å². The molecule has 0 aromatic carbocycles. The molecule has 0 radical (unpaired) electrons. The van der Waals surface area contributed by atoms with E-state index in [-0.39, 0.29) is 11.3 Å². The van der Waals surface area contributed by atoms with Gasteiger partial charge in [-0.05, 0) is 24.9 Å². The number of nitrogens with one attached hydrogen (secondary N) is 1. The van der Waals surface area contributed by atoms with Crippen LogP contribution < -0.4 is 5.32 Å². The van der Waals surface area contributed by atoms with E-state index in [4.69, 9.17) is 5.26 Å². The molecule has 1 aromatic heterocycles. The van der Waals surface area contributed by atoms with Crippen molar-refractivity contribution in [2.75, 3.05) is 23.9 Å². The van der Waals surface area contributed by atoms with Gasteiger partial charge in [0.15, 0.2) is 0 Å². The molecular weight excluding hydrogens is 252 g/mol. The second kappa shape index (κ2) is 7.50. The highest BCUT2D eigenvalue weighted by Gasteiger charge is 2.11. The van der Waals surface area contributed by atoms with Crippen LogP contribution in [0.5, 0.6) is 0 Å². The fraction of sp³-hybridized carbons (Fsp3) is 0.455. The first kappa shape index (κ1) is 14.3. The molecule has 0 amide bonds. The molecule has 0 spiro atoms. The molecule has 0 aliphatic rings. The number of hydrogen-bond acceptors (Lipinski definition) is 6. The van der Waals surface area contributed by atoms with E-state index in [1.54, 1.807) is 11.8 Å². The van der Waals surface area contributed by atoms with Crippen LogP contribution in [0.2, 0.25) is 0 Å². The van der Waals surface area contributed by atoms with Gasteiger partial charge in [0.2, 0.25) is 0 Å². The summed E-state index contributed by atoms with van der Waals surface area (Å²) in [7, 11) is 0. The van der Waals surface area contributed by atoms with E-state index in [0.717, 1.165) is 24.8 Å². The Morgan fingerprint density at radius 2 is 2.39 bits per heavy atom. The zero-order valence-corrected chi connectivity index (χ0v) is 10.9. The Hall–Kier alpha value is -1.81. The van der Waals surface area contributed by atoms with Crippen molar-refractivity contribution in [3.8, 4) is 6.07 Å². The first-order chi connectivity index (χ1) is 8.69. The van der Waals surface area contributed by atoms with E-state index >= 15 is 0 Å². The summed E-state index contributed by atoms with van der Waals surface area (Å²) in [6.45, 7) is 0.708. The minimum atomic E-state index is -0.559. The predicted octanol–water partition coefficient (Wildman–Crippen LogP) is 2.42. The third-order valence-electron chi connectivity index (χ3n) is 2.27. The molecule has 6 nitrogen and oxygen atoms in total. The normalized spacial score (nSPS) is 9.78. The number of aromatic nitrogens is 1. The van der Waals surface area contributed by atoms with Gasteiger partial charge in [-0.3, -0.25) is 10.1 Å². The third-order valence-corrected chi connectivity index (χ3v) is 2.97. The van der Waals surface area contributed by atoms with Gasteiger partial charge in [-0.2, -0.15) is 17.0 Å². The molecule has 7 heteroatoms. The van der Waals surface area contributed by atoms with Crippen molar-refractivity contribution in [1.29, 1.82) is 5.26 Å². The van der Waals surface area contributed by atoms with Crippen LogP contribution in [0.25, 0.3) is 0 Å². The molecule has 0 atom stereocenters. The van der Waals surface area contributed by atoms with Gasteiger partial charge in [0.05, 0.1) is 4.92 Å². The molecule has 0 saturated heterocycles. The highest BCUT2D eigenvalue weighted by molar-refractivity contribution is 7.98. The Bertz CT molecular complexity index is 459. The van der Waals surface area contributed by atoms with Crippen LogP contribution in [0.3, 0.4) is 0 Å². The molecule has 0 fully saturated rings.